The lowest BCUT2D eigenvalue weighted by Gasteiger charge is -2.20. The summed E-state index contributed by atoms with van der Waals surface area (Å²) in [7, 11) is 3.17. The quantitative estimate of drug-likeness (QED) is 0.295. The number of hydrogen-bond acceptors (Lipinski definition) is 4. The molecule has 0 spiro atoms. The number of anilines is 1. The molecule has 4 aromatic rings. The summed E-state index contributed by atoms with van der Waals surface area (Å²) in [5.41, 5.74) is 1.77. The third-order valence-electron chi connectivity index (χ3n) is 4.96. The van der Waals surface area contributed by atoms with Gasteiger partial charge in [0.1, 0.15) is 23.5 Å². The third kappa shape index (κ3) is 4.26. The molecule has 0 heterocycles. The zero-order valence-electron chi connectivity index (χ0n) is 17.4. The molecule has 0 radical (unpaired) electrons. The van der Waals surface area contributed by atoms with Crippen molar-refractivity contribution in [3.8, 4) is 11.5 Å². The fourth-order valence-electron chi connectivity index (χ4n) is 3.37. The molecule has 154 valence electrons. The predicted octanol–water partition coefficient (Wildman–Crippen LogP) is 5.86. The Morgan fingerprint density at radius 2 is 1.42 bits per heavy atom. The van der Waals surface area contributed by atoms with Crippen molar-refractivity contribution >= 4 is 34.4 Å². The minimum atomic E-state index is -0.214. The van der Waals surface area contributed by atoms with Gasteiger partial charge in [0.25, 0.3) is 5.91 Å². The number of para-hydroxylation sites is 4. The lowest BCUT2D eigenvalue weighted by Crippen LogP contribution is -2.29. The molecule has 5 nitrogen and oxygen atoms in total. The van der Waals surface area contributed by atoms with E-state index in [0.29, 0.717) is 28.4 Å². The van der Waals surface area contributed by atoms with Crippen molar-refractivity contribution < 1.29 is 14.3 Å². The predicted molar refractivity (Wildman–Crippen MR) is 125 cm³/mol. The summed E-state index contributed by atoms with van der Waals surface area (Å²) in [6.45, 7) is 0. The minimum Gasteiger partial charge on any atom is -0.495 e. The molecule has 31 heavy (non-hydrogen) atoms. The molecule has 0 aliphatic heterocycles. The molecule has 0 saturated carbocycles. The molecule has 1 amide bonds. The number of carbonyl (C=O) groups excluding carboxylic acids is 1. The summed E-state index contributed by atoms with van der Waals surface area (Å²) < 4.78 is 10.9. The van der Waals surface area contributed by atoms with Crippen LogP contribution >= 0.6 is 0 Å². The molecule has 0 bridgehead atoms. The van der Waals surface area contributed by atoms with Crippen LogP contribution in [-0.4, -0.2) is 26.5 Å². The van der Waals surface area contributed by atoms with Crippen LogP contribution in [0.1, 0.15) is 10.4 Å². The highest BCUT2D eigenvalue weighted by molar-refractivity contribution is 6.18. The van der Waals surface area contributed by atoms with Crippen LogP contribution in [0.15, 0.2) is 96.0 Å². The first-order chi connectivity index (χ1) is 15.2. The molecule has 0 aliphatic carbocycles. The van der Waals surface area contributed by atoms with E-state index in [1.807, 2.05) is 91.0 Å². The van der Waals surface area contributed by atoms with Crippen LogP contribution in [0.2, 0.25) is 0 Å². The molecular weight excluding hydrogens is 388 g/mol. The lowest BCUT2D eigenvalue weighted by atomic mass is 10.1. The van der Waals surface area contributed by atoms with Gasteiger partial charge in [-0.3, -0.25) is 9.69 Å². The normalized spacial score (nSPS) is 10.9. The first-order valence-electron chi connectivity index (χ1n) is 9.84. The Labute approximate surface area is 181 Å². The van der Waals surface area contributed by atoms with E-state index in [-0.39, 0.29) is 5.91 Å². The first kappa shape index (κ1) is 20.2. The molecule has 0 N–H and O–H groups in total. The molecule has 0 atom stereocenters. The zero-order chi connectivity index (χ0) is 21.6. The lowest BCUT2D eigenvalue weighted by molar-refractivity contribution is 0.100. The second-order valence-corrected chi connectivity index (χ2v) is 6.83. The summed E-state index contributed by atoms with van der Waals surface area (Å²) in [5.74, 6) is 0.980. The zero-order valence-corrected chi connectivity index (χ0v) is 17.4. The highest BCUT2D eigenvalue weighted by Gasteiger charge is 2.20. The van der Waals surface area contributed by atoms with E-state index in [9.17, 15) is 4.79 Å². The van der Waals surface area contributed by atoms with Gasteiger partial charge < -0.3 is 9.47 Å². The highest BCUT2D eigenvalue weighted by atomic mass is 16.5. The summed E-state index contributed by atoms with van der Waals surface area (Å²) >= 11 is 0. The van der Waals surface area contributed by atoms with Crippen LogP contribution in [0.4, 0.5) is 11.4 Å². The molecule has 4 rings (SSSR count). The van der Waals surface area contributed by atoms with Crippen LogP contribution in [0, 0.1) is 0 Å². The Morgan fingerprint density at radius 1 is 0.774 bits per heavy atom. The van der Waals surface area contributed by atoms with Crippen molar-refractivity contribution in [2.45, 2.75) is 0 Å². The molecule has 5 heteroatoms. The monoisotopic (exact) mass is 410 g/mol. The second-order valence-electron chi connectivity index (χ2n) is 6.83. The Kier molecular flexibility index (Phi) is 5.94. The topological polar surface area (TPSA) is 51.1 Å². The van der Waals surface area contributed by atoms with Gasteiger partial charge in [0.05, 0.1) is 19.9 Å². The van der Waals surface area contributed by atoms with Gasteiger partial charge in [0.15, 0.2) is 0 Å². The summed E-state index contributed by atoms with van der Waals surface area (Å²) in [4.78, 5) is 19.6. The third-order valence-corrected chi connectivity index (χ3v) is 4.96. The van der Waals surface area contributed by atoms with Gasteiger partial charge in [0.2, 0.25) is 0 Å². The maximum absolute atomic E-state index is 13.6. The van der Waals surface area contributed by atoms with Gasteiger partial charge in [-0.1, -0.05) is 54.6 Å². The maximum atomic E-state index is 13.6. The minimum absolute atomic E-state index is 0.214. The van der Waals surface area contributed by atoms with Crippen molar-refractivity contribution in [3.05, 3.63) is 96.6 Å². The molecule has 4 aromatic carbocycles. The fraction of sp³-hybridized carbons (Fsp3) is 0.0769. The summed E-state index contributed by atoms with van der Waals surface area (Å²) in [6.07, 6.45) is 1.51. The van der Waals surface area contributed by atoms with E-state index in [1.165, 1.54) is 11.2 Å². The van der Waals surface area contributed by atoms with E-state index in [4.69, 9.17) is 9.47 Å². The van der Waals surface area contributed by atoms with Crippen LogP contribution in [-0.2, 0) is 0 Å². The van der Waals surface area contributed by atoms with Gasteiger partial charge in [-0.2, -0.15) is 0 Å². The Hall–Kier alpha value is -4.12. The number of nitrogens with zero attached hydrogens (tertiary/aromatic N) is 2. The number of rotatable bonds is 6. The van der Waals surface area contributed by atoms with Crippen LogP contribution in [0.3, 0.4) is 0 Å². The van der Waals surface area contributed by atoms with Crippen molar-refractivity contribution in [2.24, 2.45) is 4.99 Å². The van der Waals surface area contributed by atoms with Crippen molar-refractivity contribution in [1.29, 1.82) is 0 Å². The van der Waals surface area contributed by atoms with Crippen molar-refractivity contribution in [2.75, 3.05) is 19.1 Å². The van der Waals surface area contributed by atoms with Crippen LogP contribution < -0.4 is 14.4 Å². The number of fused-ring (bicyclic) bond motifs is 1. The maximum Gasteiger partial charge on any atom is 0.263 e. The Morgan fingerprint density at radius 3 is 2.19 bits per heavy atom. The number of carbonyl (C=O) groups is 1. The molecule has 0 saturated heterocycles. The summed E-state index contributed by atoms with van der Waals surface area (Å²) in [6, 6.07) is 28.3. The van der Waals surface area contributed by atoms with Crippen molar-refractivity contribution in [3.63, 3.8) is 0 Å². The van der Waals surface area contributed by atoms with Gasteiger partial charge in [0, 0.05) is 5.56 Å². The van der Waals surface area contributed by atoms with E-state index in [1.54, 1.807) is 14.2 Å². The summed E-state index contributed by atoms with van der Waals surface area (Å²) in [5, 5.41) is 2.07. The molecule has 0 fully saturated rings. The van der Waals surface area contributed by atoms with Gasteiger partial charge in [-0.15, -0.1) is 0 Å². The number of aliphatic imine (C=N–C) groups is 1. The molecule has 0 unspecified atom stereocenters. The Balaban J connectivity index is 1.79. The van der Waals surface area contributed by atoms with Gasteiger partial charge >= 0.3 is 0 Å². The second kappa shape index (κ2) is 9.13. The number of ether oxygens (including phenoxy) is 2. The number of amides is 1. The van der Waals surface area contributed by atoms with E-state index >= 15 is 0 Å². The average Bonchev–Trinajstić information content (AvgIpc) is 2.84. The van der Waals surface area contributed by atoms with Crippen LogP contribution in [0.25, 0.3) is 10.8 Å². The largest absolute Gasteiger partial charge is 0.495 e. The Bertz CT molecular complexity index is 1250. The fourth-order valence-corrected chi connectivity index (χ4v) is 3.37. The van der Waals surface area contributed by atoms with E-state index < -0.39 is 0 Å². The first-order valence-corrected chi connectivity index (χ1v) is 9.84. The number of benzene rings is 4. The van der Waals surface area contributed by atoms with Gasteiger partial charge in [-0.25, -0.2) is 4.99 Å². The smallest absolute Gasteiger partial charge is 0.263 e. The van der Waals surface area contributed by atoms with Crippen molar-refractivity contribution in [1.82, 2.24) is 0 Å². The van der Waals surface area contributed by atoms with E-state index in [0.717, 1.165) is 10.8 Å². The number of hydrogen-bond donors (Lipinski definition) is 0. The van der Waals surface area contributed by atoms with Gasteiger partial charge in [-0.05, 0) is 47.2 Å². The van der Waals surface area contributed by atoms with Crippen LogP contribution in [0.5, 0.6) is 11.5 Å². The SMILES string of the molecule is COc1ccccc1N=CN(C(=O)c1ccc2ccccc2c1)c1ccccc1OC. The number of methoxy groups -OCH3 is 2. The standard InChI is InChI=1S/C26H22N2O3/c1-30-24-13-7-5-11-22(24)27-18-28(23-12-6-8-14-25(23)31-2)26(29)21-16-15-19-9-3-4-10-20(19)17-21/h3-18H,1-2H3. The highest BCUT2D eigenvalue weighted by Crippen LogP contribution is 2.30. The van der Waals surface area contributed by atoms with E-state index in [2.05, 4.69) is 4.99 Å². The molecular formula is C26H22N2O3. The molecule has 0 aromatic heterocycles. The average molecular weight is 410 g/mol. The molecule has 0 aliphatic rings.